The van der Waals surface area contributed by atoms with Crippen LogP contribution in [0.15, 0.2) is 18.2 Å². The van der Waals surface area contributed by atoms with Gasteiger partial charge in [-0.1, -0.05) is 18.9 Å². The third-order valence-electron chi connectivity index (χ3n) is 6.36. The van der Waals surface area contributed by atoms with Crippen LogP contribution in [0.4, 0.5) is 9.18 Å². The average Bonchev–Trinajstić information content (AvgIpc) is 3.40. The van der Waals surface area contributed by atoms with E-state index in [1.165, 1.54) is 25.3 Å². The van der Waals surface area contributed by atoms with Crippen molar-refractivity contribution < 1.29 is 18.7 Å². The lowest BCUT2D eigenvalue weighted by Crippen LogP contribution is -2.41. The second-order valence-electron chi connectivity index (χ2n) is 8.72. The lowest BCUT2D eigenvalue weighted by Gasteiger charge is -2.25. The fourth-order valence-electron chi connectivity index (χ4n) is 3.98. The van der Waals surface area contributed by atoms with Crippen molar-refractivity contribution in [3.05, 3.63) is 29.6 Å². The number of carbonyl (C=O) groups excluding carboxylic acids is 2. The molecular formula is C22H31FN4O3. The van der Waals surface area contributed by atoms with Crippen molar-refractivity contribution in [3.63, 3.8) is 0 Å². The predicted octanol–water partition coefficient (Wildman–Crippen LogP) is 2.81. The maximum absolute atomic E-state index is 14.1. The summed E-state index contributed by atoms with van der Waals surface area (Å²) < 4.78 is 19.9. The molecule has 7 nitrogen and oxygen atoms in total. The van der Waals surface area contributed by atoms with E-state index in [4.69, 9.17) is 4.74 Å². The molecule has 3 N–H and O–H groups in total. The Balaban J connectivity index is 1.16. The first-order valence-corrected chi connectivity index (χ1v) is 11.1. The van der Waals surface area contributed by atoms with Gasteiger partial charge in [-0.2, -0.15) is 0 Å². The number of amides is 3. The summed E-state index contributed by atoms with van der Waals surface area (Å²) >= 11 is 0. The van der Waals surface area contributed by atoms with Crippen molar-refractivity contribution in [1.29, 1.82) is 0 Å². The van der Waals surface area contributed by atoms with Gasteiger partial charge >= 0.3 is 6.03 Å². The topological polar surface area (TPSA) is 82.7 Å². The molecule has 1 heterocycles. The van der Waals surface area contributed by atoms with Crippen LogP contribution in [0.25, 0.3) is 0 Å². The Morgan fingerprint density at radius 3 is 2.70 bits per heavy atom. The van der Waals surface area contributed by atoms with Gasteiger partial charge in [0.25, 0.3) is 0 Å². The van der Waals surface area contributed by atoms with Gasteiger partial charge in [0.1, 0.15) is 6.54 Å². The second kappa shape index (κ2) is 9.31. The number of carbonyl (C=O) groups is 2. The highest BCUT2D eigenvalue weighted by Gasteiger charge is 2.44. The Hall–Kier alpha value is -2.19. The van der Waals surface area contributed by atoms with E-state index in [1.54, 1.807) is 4.90 Å². The minimum absolute atomic E-state index is 0.143. The van der Waals surface area contributed by atoms with Crippen molar-refractivity contribution in [2.75, 3.05) is 26.2 Å². The normalized spacial score (nSPS) is 20.2. The first-order valence-electron chi connectivity index (χ1n) is 11.1. The zero-order valence-corrected chi connectivity index (χ0v) is 17.3. The molecule has 4 rings (SSSR count). The van der Waals surface area contributed by atoms with E-state index in [1.807, 2.05) is 12.1 Å². The maximum atomic E-state index is 14.1. The van der Waals surface area contributed by atoms with Gasteiger partial charge in [0.2, 0.25) is 5.91 Å². The Kier molecular flexibility index (Phi) is 6.53. The van der Waals surface area contributed by atoms with Gasteiger partial charge in [0, 0.05) is 13.1 Å². The summed E-state index contributed by atoms with van der Waals surface area (Å²) in [5.41, 5.74) is 7.64. The van der Waals surface area contributed by atoms with Gasteiger partial charge < -0.3 is 9.64 Å². The summed E-state index contributed by atoms with van der Waals surface area (Å²) in [5.74, 6) is 0.410. The number of urea groups is 1. The molecule has 0 radical (unpaired) electrons. The molecule has 2 saturated carbocycles. The fraction of sp³-hybridized carbons (Fsp3) is 0.636. The first kappa shape index (κ1) is 21.1. The van der Waals surface area contributed by atoms with Gasteiger partial charge in [-0.05, 0) is 62.1 Å². The van der Waals surface area contributed by atoms with Crippen molar-refractivity contribution in [3.8, 4) is 5.75 Å². The monoisotopic (exact) mass is 418 g/mol. The maximum Gasteiger partial charge on any atom is 0.324 e. The summed E-state index contributed by atoms with van der Waals surface area (Å²) in [6.45, 7) is 2.19. The molecule has 1 aromatic rings. The minimum atomic E-state index is -0.296. The van der Waals surface area contributed by atoms with E-state index in [2.05, 4.69) is 16.2 Å². The lowest BCUT2D eigenvalue weighted by molar-refractivity contribution is -0.118. The molecule has 3 fully saturated rings. The van der Waals surface area contributed by atoms with Crippen LogP contribution in [0.1, 0.15) is 56.9 Å². The van der Waals surface area contributed by atoms with Gasteiger partial charge in [-0.25, -0.2) is 14.6 Å². The summed E-state index contributed by atoms with van der Waals surface area (Å²) in [6, 6.07) is 4.91. The summed E-state index contributed by atoms with van der Waals surface area (Å²) in [7, 11) is 0. The van der Waals surface area contributed by atoms with Crippen LogP contribution in [0.3, 0.4) is 0 Å². The van der Waals surface area contributed by atoms with Crippen molar-refractivity contribution in [1.82, 2.24) is 21.1 Å². The van der Waals surface area contributed by atoms with Crippen LogP contribution in [-0.2, 0) is 10.3 Å². The van der Waals surface area contributed by atoms with Crippen molar-refractivity contribution in [2.24, 2.45) is 5.92 Å². The Labute approximate surface area is 176 Å². The number of hydrazine groups is 1. The predicted molar refractivity (Wildman–Crippen MR) is 110 cm³/mol. The van der Waals surface area contributed by atoms with Gasteiger partial charge in [0.15, 0.2) is 11.6 Å². The first-order chi connectivity index (χ1) is 14.6. The number of halogens is 1. The molecule has 3 aliphatic rings. The lowest BCUT2D eigenvalue weighted by atomic mass is 9.86. The van der Waals surface area contributed by atoms with Crippen LogP contribution in [0, 0.1) is 11.7 Å². The highest BCUT2D eigenvalue weighted by molar-refractivity contribution is 6.01. The zero-order chi connectivity index (χ0) is 21.0. The molecule has 0 bridgehead atoms. The molecule has 164 valence electrons. The van der Waals surface area contributed by atoms with Crippen LogP contribution in [0.2, 0.25) is 0 Å². The number of rotatable bonds is 12. The summed E-state index contributed by atoms with van der Waals surface area (Å²) in [4.78, 5) is 24.2. The Morgan fingerprint density at radius 1 is 1.20 bits per heavy atom. The molecule has 3 amide bonds. The van der Waals surface area contributed by atoms with Gasteiger partial charge in [-0.3, -0.25) is 15.5 Å². The molecule has 1 saturated heterocycles. The van der Waals surface area contributed by atoms with Crippen molar-refractivity contribution >= 4 is 11.9 Å². The largest absolute Gasteiger partial charge is 0.490 e. The van der Waals surface area contributed by atoms with E-state index < -0.39 is 0 Å². The van der Waals surface area contributed by atoms with Crippen molar-refractivity contribution in [2.45, 2.75) is 56.9 Å². The number of unbranched alkanes of at least 4 members (excludes halogenated alkanes) is 2. The molecule has 30 heavy (non-hydrogen) atoms. The third kappa shape index (κ3) is 5.10. The molecule has 0 atom stereocenters. The van der Waals surface area contributed by atoms with Gasteiger partial charge in [0.05, 0.1) is 12.1 Å². The number of hydrogen-bond acceptors (Lipinski definition) is 5. The number of benzene rings is 1. The molecule has 0 aromatic heterocycles. The molecule has 0 spiro atoms. The summed E-state index contributed by atoms with van der Waals surface area (Å²) in [6.07, 6.45) is 8.43. The third-order valence-corrected chi connectivity index (χ3v) is 6.36. The number of imide groups is 1. The molecule has 0 unspecified atom stereocenters. The van der Waals surface area contributed by atoms with Crippen LogP contribution < -0.4 is 20.9 Å². The van der Waals surface area contributed by atoms with Crippen LogP contribution >= 0.6 is 0 Å². The SMILES string of the molecule is O=C1CN(CCCCCNNC2(c3ccc(F)c(OCC4CCC4)c3)CC2)C(=O)N1. The number of nitrogens with zero attached hydrogens (tertiary/aromatic N) is 1. The van der Waals surface area contributed by atoms with Gasteiger partial charge in [-0.15, -0.1) is 0 Å². The van der Waals surface area contributed by atoms with E-state index in [0.717, 1.165) is 44.2 Å². The quantitative estimate of drug-likeness (QED) is 0.276. The molecule has 1 aromatic carbocycles. The minimum Gasteiger partial charge on any atom is -0.490 e. The fourth-order valence-corrected chi connectivity index (χ4v) is 3.98. The summed E-state index contributed by atoms with van der Waals surface area (Å²) in [5, 5.41) is 2.29. The average molecular weight is 419 g/mol. The zero-order valence-electron chi connectivity index (χ0n) is 17.3. The smallest absolute Gasteiger partial charge is 0.324 e. The Bertz CT molecular complexity index is 780. The van der Waals surface area contributed by atoms with E-state index in [9.17, 15) is 14.0 Å². The standard InChI is InChI=1S/C22H31FN4O3/c23-18-8-7-17(13-19(18)30-15-16-5-4-6-16)22(9-10-22)26-24-11-2-1-3-12-27-14-20(28)25-21(27)29/h7-8,13,16,24,26H,1-6,9-12,14-15H2,(H,25,28,29). The van der Waals surface area contributed by atoms with Crippen LogP contribution in [-0.4, -0.2) is 43.1 Å². The number of nitrogens with one attached hydrogen (secondary N) is 3. The van der Waals surface area contributed by atoms with Crippen LogP contribution in [0.5, 0.6) is 5.75 Å². The van der Waals surface area contributed by atoms with E-state index in [0.29, 0.717) is 24.8 Å². The molecular weight excluding hydrogens is 387 g/mol. The second-order valence-corrected chi connectivity index (χ2v) is 8.72. The number of ether oxygens (including phenoxy) is 1. The highest BCUT2D eigenvalue weighted by Crippen LogP contribution is 2.46. The Morgan fingerprint density at radius 2 is 2.03 bits per heavy atom. The number of hydrogen-bond donors (Lipinski definition) is 3. The van der Waals surface area contributed by atoms with E-state index >= 15 is 0 Å². The van der Waals surface area contributed by atoms with E-state index in [-0.39, 0.29) is 29.8 Å². The highest BCUT2D eigenvalue weighted by atomic mass is 19.1. The molecule has 2 aliphatic carbocycles. The molecule has 8 heteroatoms. The molecule has 1 aliphatic heterocycles.